The number of benzene rings is 2. The number of hydrogen-bond acceptors (Lipinski definition) is 4. The molecule has 3 unspecified atom stereocenters. The van der Waals surface area contributed by atoms with Crippen LogP contribution in [0, 0.1) is 12.8 Å². The third-order valence-corrected chi connectivity index (χ3v) is 7.01. The van der Waals surface area contributed by atoms with Crippen molar-refractivity contribution in [3.8, 4) is 11.5 Å². The first-order chi connectivity index (χ1) is 13.5. The van der Waals surface area contributed by atoms with E-state index in [1.165, 1.54) is 0 Å². The first-order valence-electron chi connectivity index (χ1n) is 10.2. The number of aromatic hydroxyl groups is 2. The Hall–Kier alpha value is -2.53. The lowest BCUT2D eigenvalue weighted by Gasteiger charge is -2.51. The Morgan fingerprint density at radius 2 is 1.82 bits per heavy atom. The lowest BCUT2D eigenvalue weighted by atomic mass is 9.75. The van der Waals surface area contributed by atoms with Gasteiger partial charge >= 0.3 is 0 Å². The van der Waals surface area contributed by atoms with Crippen molar-refractivity contribution >= 4 is 5.91 Å². The number of carbonyl (C=O) groups excluding carboxylic acids is 1. The van der Waals surface area contributed by atoms with Crippen molar-refractivity contribution < 1.29 is 15.0 Å². The maximum absolute atomic E-state index is 13.4. The van der Waals surface area contributed by atoms with Crippen LogP contribution in [0.2, 0.25) is 0 Å². The van der Waals surface area contributed by atoms with Crippen LogP contribution in [0.25, 0.3) is 0 Å². The number of phenolic OH excluding ortho intramolecular Hbond substituents is 2. The van der Waals surface area contributed by atoms with Crippen molar-refractivity contribution in [3.63, 3.8) is 0 Å². The van der Waals surface area contributed by atoms with Crippen LogP contribution in [0.5, 0.6) is 11.5 Å². The van der Waals surface area contributed by atoms with Gasteiger partial charge in [-0.15, -0.1) is 0 Å². The number of amides is 1. The van der Waals surface area contributed by atoms with E-state index in [9.17, 15) is 15.0 Å². The third-order valence-electron chi connectivity index (χ3n) is 7.01. The molecule has 0 saturated carbocycles. The molecule has 4 aliphatic heterocycles. The number of hydrogen-bond donors (Lipinski definition) is 2. The molecule has 2 aromatic rings. The van der Waals surface area contributed by atoms with Crippen molar-refractivity contribution in [2.45, 2.75) is 37.8 Å². The summed E-state index contributed by atoms with van der Waals surface area (Å²) in [5.41, 5.74) is 2.43. The lowest BCUT2D eigenvalue weighted by Crippen LogP contribution is -2.60. The third kappa shape index (κ3) is 2.68. The van der Waals surface area contributed by atoms with Gasteiger partial charge < -0.3 is 15.1 Å². The number of likely N-dealkylation sites (tertiary alicyclic amines) is 1. The van der Waals surface area contributed by atoms with Gasteiger partial charge in [-0.25, -0.2) is 0 Å². The van der Waals surface area contributed by atoms with Crippen molar-refractivity contribution in [3.05, 3.63) is 59.2 Å². The zero-order valence-corrected chi connectivity index (χ0v) is 16.1. The summed E-state index contributed by atoms with van der Waals surface area (Å²) in [6, 6.07) is 13.2. The zero-order chi connectivity index (χ0) is 19.4. The molecule has 4 heterocycles. The van der Waals surface area contributed by atoms with E-state index in [1.54, 1.807) is 18.2 Å². The topological polar surface area (TPSA) is 64.0 Å². The summed E-state index contributed by atoms with van der Waals surface area (Å²) in [5, 5.41) is 20.1. The summed E-state index contributed by atoms with van der Waals surface area (Å²) >= 11 is 0. The predicted molar refractivity (Wildman–Crippen MR) is 107 cm³/mol. The highest BCUT2D eigenvalue weighted by Gasteiger charge is 2.54. The molecule has 2 N–H and O–H groups in total. The molecule has 5 heteroatoms. The number of rotatable bonds is 2. The molecule has 0 spiro atoms. The second-order valence-electron chi connectivity index (χ2n) is 8.51. The zero-order valence-electron chi connectivity index (χ0n) is 16.1. The number of phenols is 2. The second-order valence-corrected chi connectivity index (χ2v) is 8.51. The number of nitrogens with zero attached hydrogens (tertiary/aromatic N) is 2. The fourth-order valence-electron chi connectivity index (χ4n) is 5.61. The highest BCUT2D eigenvalue weighted by Crippen LogP contribution is 2.47. The van der Waals surface area contributed by atoms with Gasteiger partial charge in [-0.2, -0.15) is 0 Å². The Bertz CT molecular complexity index is 920. The van der Waals surface area contributed by atoms with Gasteiger partial charge in [0.1, 0.15) is 11.5 Å². The van der Waals surface area contributed by atoms with Crippen LogP contribution in [-0.4, -0.2) is 57.6 Å². The predicted octanol–water partition coefficient (Wildman–Crippen LogP) is 3.11. The van der Waals surface area contributed by atoms with Gasteiger partial charge in [0, 0.05) is 24.1 Å². The van der Waals surface area contributed by atoms with Crippen molar-refractivity contribution in [1.29, 1.82) is 0 Å². The summed E-state index contributed by atoms with van der Waals surface area (Å²) in [4.78, 5) is 18.0. The van der Waals surface area contributed by atoms with E-state index >= 15 is 0 Å². The molecule has 0 aliphatic carbocycles. The Labute approximate surface area is 165 Å². The van der Waals surface area contributed by atoms with Crippen LogP contribution >= 0.6 is 0 Å². The molecular formula is C23H26N2O3. The van der Waals surface area contributed by atoms with Crippen molar-refractivity contribution in [1.82, 2.24) is 9.80 Å². The normalized spacial score (nSPS) is 31.0. The average Bonchev–Trinajstić information content (AvgIpc) is 3.13. The summed E-state index contributed by atoms with van der Waals surface area (Å²) < 4.78 is 0. The maximum atomic E-state index is 13.4. The minimum Gasteiger partial charge on any atom is -0.508 e. The summed E-state index contributed by atoms with van der Waals surface area (Å²) in [5.74, 6) is 1.17. The van der Waals surface area contributed by atoms with Crippen LogP contribution in [0.3, 0.4) is 0 Å². The number of piperidine rings is 3. The Kier molecular flexibility index (Phi) is 4.09. The van der Waals surface area contributed by atoms with E-state index in [2.05, 4.69) is 11.0 Å². The highest BCUT2D eigenvalue weighted by atomic mass is 16.3. The molecule has 0 radical (unpaired) electrons. The van der Waals surface area contributed by atoms with Gasteiger partial charge in [0.25, 0.3) is 5.91 Å². The minimum absolute atomic E-state index is 0.00158. The first-order valence-corrected chi connectivity index (χ1v) is 10.2. The Morgan fingerprint density at radius 3 is 2.54 bits per heavy atom. The summed E-state index contributed by atoms with van der Waals surface area (Å²) in [6.07, 6.45) is 2.27. The van der Waals surface area contributed by atoms with Crippen LogP contribution in [0.15, 0.2) is 42.5 Å². The van der Waals surface area contributed by atoms with E-state index in [0.29, 0.717) is 24.1 Å². The fourth-order valence-corrected chi connectivity index (χ4v) is 5.61. The van der Waals surface area contributed by atoms with E-state index < -0.39 is 0 Å². The number of aryl methyl sites for hydroxylation is 1. The molecule has 0 aromatic heterocycles. The Balaban J connectivity index is 1.53. The standard InChI is InChI=1S/C23H26N2O3/c1-14-5-6-17(12-20(14)27)23(28)25-13-19(16-3-2-4-18(26)11-16)22-21(25)15-7-9-24(22)10-8-15/h2-6,11-12,15,19,21-22,26-27H,7-10,13H2,1H3. The molecular weight excluding hydrogens is 352 g/mol. The maximum Gasteiger partial charge on any atom is 0.254 e. The van der Waals surface area contributed by atoms with Gasteiger partial charge in [0.2, 0.25) is 0 Å². The summed E-state index contributed by atoms with van der Waals surface area (Å²) in [7, 11) is 0. The quantitative estimate of drug-likeness (QED) is 0.843. The van der Waals surface area contributed by atoms with E-state index in [4.69, 9.17) is 0 Å². The van der Waals surface area contributed by atoms with Gasteiger partial charge in [0.05, 0.1) is 6.04 Å². The highest BCUT2D eigenvalue weighted by molar-refractivity contribution is 5.95. The molecule has 2 bridgehead atoms. The second kappa shape index (κ2) is 6.52. The smallest absolute Gasteiger partial charge is 0.254 e. The molecule has 1 amide bonds. The number of carbonyl (C=O) groups is 1. The van der Waals surface area contributed by atoms with Gasteiger partial charge in [0.15, 0.2) is 0 Å². The molecule has 3 atom stereocenters. The van der Waals surface area contributed by atoms with Crippen LogP contribution in [-0.2, 0) is 0 Å². The SMILES string of the molecule is Cc1ccc(C(=O)N2CC(c3cccc(O)c3)C3C2C2CCN3CC2)cc1O. The van der Waals surface area contributed by atoms with Gasteiger partial charge in [-0.05, 0) is 74.2 Å². The van der Waals surface area contributed by atoms with E-state index in [0.717, 1.165) is 37.1 Å². The minimum atomic E-state index is 0.00158. The molecule has 146 valence electrons. The fraction of sp³-hybridized carbons (Fsp3) is 0.435. The molecule has 4 fully saturated rings. The average molecular weight is 378 g/mol. The van der Waals surface area contributed by atoms with Gasteiger partial charge in [-0.1, -0.05) is 18.2 Å². The van der Waals surface area contributed by atoms with E-state index in [1.807, 2.05) is 30.0 Å². The van der Waals surface area contributed by atoms with Crippen molar-refractivity contribution in [2.24, 2.45) is 5.92 Å². The largest absolute Gasteiger partial charge is 0.508 e. The molecule has 5 nitrogen and oxygen atoms in total. The molecule has 28 heavy (non-hydrogen) atoms. The monoisotopic (exact) mass is 378 g/mol. The van der Waals surface area contributed by atoms with Crippen LogP contribution in [0.1, 0.15) is 40.2 Å². The van der Waals surface area contributed by atoms with Crippen LogP contribution in [0.4, 0.5) is 0 Å². The first kappa shape index (κ1) is 17.6. The Morgan fingerprint density at radius 1 is 1.04 bits per heavy atom. The summed E-state index contributed by atoms with van der Waals surface area (Å²) in [6.45, 7) is 4.67. The molecule has 4 aliphatic rings. The van der Waals surface area contributed by atoms with Crippen molar-refractivity contribution in [2.75, 3.05) is 19.6 Å². The molecule has 6 rings (SSSR count). The van der Waals surface area contributed by atoms with Crippen LogP contribution < -0.4 is 0 Å². The molecule has 2 aromatic carbocycles. The van der Waals surface area contributed by atoms with E-state index in [-0.39, 0.29) is 29.4 Å². The lowest BCUT2D eigenvalue weighted by molar-refractivity contribution is -0.00342. The molecule has 4 saturated heterocycles. The van der Waals surface area contributed by atoms with Gasteiger partial charge in [-0.3, -0.25) is 9.69 Å². The number of fused-ring (bicyclic) bond motifs is 2.